The average molecular weight is 335 g/mol. The Labute approximate surface area is 129 Å². The monoisotopic (exact) mass is 335 g/mol. The molecule has 10 heteroatoms. The van der Waals surface area contributed by atoms with E-state index < -0.39 is 34.0 Å². The second-order valence-corrected chi connectivity index (χ2v) is 7.85. The molecule has 2 rings (SSSR count). The molecule has 0 saturated carbocycles. The quantitative estimate of drug-likeness (QED) is 0.794. The molecule has 0 radical (unpaired) electrons. The highest BCUT2D eigenvalue weighted by atomic mass is 32.2. The number of amides is 2. The van der Waals surface area contributed by atoms with E-state index in [2.05, 4.69) is 9.46 Å². The number of hydrogen-bond donors (Lipinski definition) is 1. The fourth-order valence-corrected chi connectivity index (χ4v) is 3.53. The SMILES string of the molecule is CC(C)(C)OC(=O)N1CCC(NS(=O)(=O)N2CCOC2=O)C1. The minimum absolute atomic E-state index is 0.00331. The van der Waals surface area contributed by atoms with Crippen LogP contribution in [-0.2, 0) is 19.7 Å². The molecule has 2 fully saturated rings. The van der Waals surface area contributed by atoms with Crippen molar-refractivity contribution in [2.24, 2.45) is 0 Å². The molecular weight excluding hydrogens is 314 g/mol. The molecule has 2 heterocycles. The van der Waals surface area contributed by atoms with Gasteiger partial charge in [-0.2, -0.15) is 17.4 Å². The third kappa shape index (κ3) is 4.01. The van der Waals surface area contributed by atoms with Crippen LogP contribution in [-0.4, -0.2) is 67.7 Å². The number of rotatable bonds is 3. The van der Waals surface area contributed by atoms with Gasteiger partial charge in [-0.05, 0) is 27.2 Å². The van der Waals surface area contributed by atoms with E-state index in [4.69, 9.17) is 4.74 Å². The van der Waals surface area contributed by atoms with Gasteiger partial charge in [0, 0.05) is 19.1 Å². The molecule has 1 unspecified atom stereocenters. The molecule has 22 heavy (non-hydrogen) atoms. The van der Waals surface area contributed by atoms with Gasteiger partial charge in [-0.15, -0.1) is 0 Å². The van der Waals surface area contributed by atoms with Crippen molar-refractivity contribution in [3.8, 4) is 0 Å². The fraction of sp³-hybridized carbons (Fsp3) is 0.833. The standard InChI is InChI=1S/C12H21N3O6S/c1-12(2,3)21-10(16)14-5-4-9(8-14)13-22(18,19)15-6-7-20-11(15)17/h9,13H,4-8H2,1-3H3. The van der Waals surface area contributed by atoms with Gasteiger partial charge >= 0.3 is 22.4 Å². The molecule has 1 atom stereocenters. The summed E-state index contributed by atoms with van der Waals surface area (Å²) in [4.78, 5) is 24.7. The molecule has 2 saturated heterocycles. The first-order chi connectivity index (χ1) is 10.1. The lowest BCUT2D eigenvalue weighted by Gasteiger charge is -2.24. The summed E-state index contributed by atoms with van der Waals surface area (Å²) < 4.78 is 37.1. The van der Waals surface area contributed by atoms with E-state index in [-0.39, 0.29) is 19.7 Å². The third-order valence-corrected chi connectivity index (χ3v) is 4.71. The molecular formula is C12H21N3O6S. The van der Waals surface area contributed by atoms with E-state index in [1.165, 1.54) is 4.90 Å². The Bertz CT molecular complexity index is 556. The first-order valence-electron chi connectivity index (χ1n) is 7.03. The molecule has 0 bridgehead atoms. The van der Waals surface area contributed by atoms with Crippen LogP contribution in [0.25, 0.3) is 0 Å². The van der Waals surface area contributed by atoms with Gasteiger partial charge in [0.05, 0.1) is 6.54 Å². The molecule has 0 aliphatic carbocycles. The van der Waals surface area contributed by atoms with Crippen molar-refractivity contribution in [1.82, 2.24) is 13.9 Å². The largest absolute Gasteiger partial charge is 0.447 e. The summed E-state index contributed by atoms with van der Waals surface area (Å²) >= 11 is 0. The molecule has 1 N–H and O–H groups in total. The number of ether oxygens (including phenoxy) is 2. The van der Waals surface area contributed by atoms with E-state index in [9.17, 15) is 18.0 Å². The Morgan fingerprint density at radius 2 is 2.05 bits per heavy atom. The number of carbonyl (C=O) groups excluding carboxylic acids is 2. The Morgan fingerprint density at radius 3 is 2.59 bits per heavy atom. The summed E-state index contributed by atoms with van der Waals surface area (Å²) in [7, 11) is -3.95. The predicted octanol–water partition coefficient (Wildman–Crippen LogP) is 0.282. The van der Waals surface area contributed by atoms with Gasteiger partial charge < -0.3 is 14.4 Å². The maximum Gasteiger partial charge on any atom is 0.424 e. The van der Waals surface area contributed by atoms with E-state index >= 15 is 0 Å². The number of carbonyl (C=O) groups is 2. The zero-order valence-electron chi connectivity index (χ0n) is 12.9. The molecule has 0 aromatic rings. The second kappa shape index (κ2) is 5.92. The Hall–Kier alpha value is -1.55. The van der Waals surface area contributed by atoms with Crippen molar-refractivity contribution >= 4 is 22.4 Å². The van der Waals surface area contributed by atoms with Gasteiger partial charge in [-0.3, -0.25) is 0 Å². The van der Waals surface area contributed by atoms with Crippen molar-refractivity contribution in [3.05, 3.63) is 0 Å². The minimum atomic E-state index is -3.95. The molecule has 2 aliphatic heterocycles. The van der Waals surface area contributed by atoms with Crippen molar-refractivity contribution in [2.45, 2.75) is 38.8 Å². The van der Waals surface area contributed by atoms with Crippen LogP contribution in [0.3, 0.4) is 0 Å². The zero-order valence-corrected chi connectivity index (χ0v) is 13.7. The van der Waals surface area contributed by atoms with Gasteiger partial charge in [0.2, 0.25) is 0 Å². The Balaban J connectivity index is 1.91. The summed E-state index contributed by atoms with van der Waals surface area (Å²) in [6, 6.07) is -0.453. The third-order valence-electron chi connectivity index (χ3n) is 3.17. The molecule has 126 valence electrons. The highest BCUT2D eigenvalue weighted by molar-refractivity contribution is 7.87. The van der Waals surface area contributed by atoms with Gasteiger partial charge in [0.25, 0.3) is 0 Å². The van der Waals surface area contributed by atoms with E-state index in [0.29, 0.717) is 17.3 Å². The topological polar surface area (TPSA) is 105 Å². The van der Waals surface area contributed by atoms with Crippen LogP contribution in [0.1, 0.15) is 27.2 Å². The molecule has 0 spiro atoms. The second-order valence-electron chi connectivity index (χ2n) is 6.22. The van der Waals surface area contributed by atoms with E-state index in [1.54, 1.807) is 20.8 Å². The van der Waals surface area contributed by atoms with Crippen molar-refractivity contribution in [2.75, 3.05) is 26.2 Å². The summed E-state index contributed by atoms with van der Waals surface area (Å²) in [6.07, 6.45) is -0.897. The lowest BCUT2D eigenvalue weighted by molar-refractivity contribution is 0.0291. The Kier molecular flexibility index (Phi) is 4.52. The number of likely N-dealkylation sites (tertiary alicyclic amines) is 1. The van der Waals surface area contributed by atoms with Gasteiger partial charge in [0.15, 0.2) is 0 Å². The molecule has 2 aliphatic rings. The highest BCUT2D eigenvalue weighted by Crippen LogP contribution is 2.17. The summed E-state index contributed by atoms with van der Waals surface area (Å²) in [6.45, 7) is 5.94. The number of cyclic esters (lactones) is 1. The lowest BCUT2D eigenvalue weighted by atomic mass is 10.2. The maximum atomic E-state index is 12.1. The smallest absolute Gasteiger partial charge is 0.424 e. The van der Waals surface area contributed by atoms with Crippen molar-refractivity contribution in [1.29, 1.82) is 0 Å². The first kappa shape index (κ1) is 16.8. The number of nitrogens with one attached hydrogen (secondary N) is 1. The van der Waals surface area contributed by atoms with Crippen molar-refractivity contribution in [3.63, 3.8) is 0 Å². The van der Waals surface area contributed by atoms with Crippen molar-refractivity contribution < 1.29 is 27.5 Å². The lowest BCUT2D eigenvalue weighted by Crippen LogP contribution is -2.47. The van der Waals surface area contributed by atoms with Crippen LogP contribution >= 0.6 is 0 Å². The molecule has 0 aromatic carbocycles. The maximum absolute atomic E-state index is 12.1. The number of hydrogen-bond acceptors (Lipinski definition) is 6. The normalized spacial score (nSPS) is 22.9. The van der Waals surface area contributed by atoms with E-state index in [1.807, 2.05) is 0 Å². The van der Waals surface area contributed by atoms with Gasteiger partial charge in [-0.1, -0.05) is 0 Å². The molecule has 0 aromatic heterocycles. The molecule has 2 amide bonds. The highest BCUT2D eigenvalue weighted by Gasteiger charge is 2.37. The zero-order chi connectivity index (χ0) is 16.5. The van der Waals surface area contributed by atoms with Gasteiger partial charge in [-0.25, -0.2) is 9.59 Å². The summed E-state index contributed by atoms with van der Waals surface area (Å²) in [5.41, 5.74) is -0.603. The van der Waals surface area contributed by atoms with Crippen LogP contribution in [0.5, 0.6) is 0 Å². The summed E-state index contributed by atoms with van der Waals surface area (Å²) in [5.74, 6) is 0. The first-order valence-corrected chi connectivity index (χ1v) is 8.47. The van der Waals surface area contributed by atoms with Gasteiger partial charge in [0.1, 0.15) is 12.2 Å². The predicted molar refractivity (Wildman–Crippen MR) is 76.3 cm³/mol. The van der Waals surface area contributed by atoms with Crippen LogP contribution in [0.4, 0.5) is 9.59 Å². The Morgan fingerprint density at radius 1 is 1.36 bits per heavy atom. The summed E-state index contributed by atoms with van der Waals surface area (Å²) in [5, 5.41) is 0. The van der Waals surface area contributed by atoms with Crippen LogP contribution in [0.2, 0.25) is 0 Å². The van der Waals surface area contributed by atoms with Crippen LogP contribution < -0.4 is 4.72 Å². The van der Waals surface area contributed by atoms with Crippen LogP contribution in [0, 0.1) is 0 Å². The van der Waals surface area contributed by atoms with Crippen LogP contribution in [0.15, 0.2) is 0 Å². The average Bonchev–Trinajstić information content (AvgIpc) is 2.95. The molecule has 9 nitrogen and oxygen atoms in total. The minimum Gasteiger partial charge on any atom is -0.447 e. The van der Waals surface area contributed by atoms with E-state index in [0.717, 1.165) is 0 Å². The fourth-order valence-electron chi connectivity index (χ4n) is 2.22. The number of nitrogens with zero attached hydrogens (tertiary/aromatic N) is 2.